The Morgan fingerprint density at radius 2 is 2.07 bits per heavy atom. The monoisotopic (exact) mass is 185 g/mol. The van der Waals surface area contributed by atoms with Crippen LogP contribution < -0.4 is 5.73 Å². The largest absolute Gasteiger partial charge is 0.384 e. The van der Waals surface area contributed by atoms with Crippen LogP contribution in [0.5, 0.6) is 0 Å². The molecule has 0 unspecified atom stereocenters. The van der Waals surface area contributed by atoms with E-state index in [1.165, 1.54) is 0 Å². The molecule has 2 rings (SSSR count). The van der Waals surface area contributed by atoms with E-state index in [0.717, 1.165) is 16.8 Å². The lowest BCUT2D eigenvalue weighted by Crippen LogP contribution is -1.93. The van der Waals surface area contributed by atoms with Gasteiger partial charge in [0.05, 0.1) is 5.69 Å². The maximum absolute atomic E-state index is 5.61. The molecule has 0 aromatic carbocycles. The van der Waals surface area contributed by atoms with Gasteiger partial charge < -0.3 is 5.73 Å². The predicted octanol–water partition coefficient (Wildman–Crippen LogP) is 2.03. The summed E-state index contributed by atoms with van der Waals surface area (Å²) in [6, 6.07) is 7.56. The molecular weight excluding hydrogens is 174 g/mol. The topological polar surface area (TPSA) is 51.8 Å². The average molecular weight is 185 g/mol. The standard InChI is InChI=1S/C11H11N3/c1-8-5-6-13-7-9(8)10-3-2-4-11(12)14-10/h2-7H,1H3,(H2,12,14). The Hall–Kier alpha value is -1.90. The average Bonchev–Trinajstić information content (AvgIpc) is 2.18. The number of nitrogen functional groups attached to an aromatic ring is 1. The fourth-order valence-corrected chi connectivity index (χ4v) is 1.33. The van der Waals surface area contributed by atoms with Gasteiger partial charge in [0, 0.05) is 18.0 Å². The van der Waals surface area contributed by atoms with Crippen LogP contribution in [-0.4, -0.2) is 9.97 Å². The number of nitrogens with zero attached hydrogens (tertiary/aromatic N) is 2. The molecule has 3 heteroatoms. The van der Waals surface area contributed by atoms with Gasteiger partial charge in [-0.25, -0.2) is 4.98 Å². The van der Waals surface area contributed by atoms with E-state index in [0.29, 0.717) is 5.82 Å². The maximum Gasteiger partial charge on any atom is 0.124 e. The molecule has 0 spiro atoms. The van der Waals surface area contributed by atoms with Crippen molar-refractivity contribution in [3.8, 4) is 11.3 Å². The van der Waals surface area contributed by atoms with Crippen LogP contribution >= 0.6 is 0 Å². The second kappa shape index (κ2) is 3.46. The Kier molecular flexibility index (Phi) is 2.14. The van der Waals surface area contributed by atoms with Gasteiger partial charge in [0.25, 0.3) is 0 Å². The van der Waals surface area contributed by atoms with E-state index in [2.05, 4.69) is 9.97 Å². The summed E-state index contributed by atoms with van der Waals surface area (Å²) in [6.07, 6.45) is 3.57. The van der Waals surface area contributed by atoms with E-state index in [1.807, 2.05) is 25.1 Å². The summed E-state index contributed by atoms with van der Waals surface area (Å²) in [4.78, 5) is 8.31. The summed E-state index contributed by atoms with van der Waals surface area (Å²) in [6.45, 7) is 2.03. The van der Waals surface area contributed by atoms with Gasteiger partial charge in [0.1, 0.15) is 5.82 Å². The van der Waals surface area contributed by atoms with Gasteiger partial charge in [0.15, 0.2) is 0 Å². The molecular formula is C11H11N3. The van der Waals surface area contributed by atoms with E-state index in [9.17, 15) is 0 Å². The van der Waals surface area contributed by atoms with Gasteiger partial charge in [-0.3, -0.25) is 4.98 Å². The van der Waals surface area contributed by atoms with Crippen LogP contribution in [0.3, 0.4) is 0 Å². The molecule has 0 radical (unpaired) electrons. The lowest BCUT2D eigenvalue weighted by Gasteiger charge is -2.04. The summed E-state index contributed by atoms with van der Waals surface area (Å²) in [5.74, 6) is 0.533. The molecule has 0 bridgehead atoms. The van der Waals surface area contributed by atoms with Crippen molar-refractivity contribution in [1.82, 2.24) is 9.97 Å². The van der Waals surface area contributed by atoms with Crippen LogP contribution in [0.4, 0.5) is 5.82 Å². The molecule has 0 amide bonds. The van der Waals surface area contributed by atoms with Crippen molar-refractivity contribution in [2.45, 2.75) is 6.92 Å². The van der Waals surface area contributed by atoms with Crippen molar-refractivity contribution < 1.29 is 0 Å². The summed E-state index contributed by atoms with van der Waals surface area (Å²) in [5.41, 5.74) is 8.66. The molecule has 2 heterocycles. The van der Waals surface area contributed by atoms with E-state index >= 15 is 0 Å². The predicted molar refractivity (Wildman–Crippen MR) is 56.6 cm³/mol. The fraction of sp³-hybridized carbons (Fsp3) is 0.0909. The SMILES string of the molecule is Cc1ccncc1-c1cccc(N)n1. The van der Waals surface area contributed by atoms with E-state index in [4.69, 9.17) is 5.73 Å². The Morgan fingerprint density at radius 3 is 2.79 bits per heavy atom. The normalized spacial score (nSPS) is 10.1. The lowest BCUT2D eigenvalue weighted by atomic mass is 10.1. The molecule has 2 aromatic heterocycles. The molecule has 3 nitrogen and oxygen atoms in total. The number of nitrogens with two attached hydrogens (primary N) is 1. The van der Waals surface area contributed by atoms with Gasteiger partial charge >= 0.3 is 0 Å². The zero-order valence-corrected chi connectivity index (χ0v) is 7.94. The molecule has 0 saturated heterocycles. The van der Waals surface area contributed by atoms with E-state index in [1.54, 1.807) is 18.5 Å². The van der Waals surface area contributed by atoms with Crippen molar-refractivity contribution in [2.24, 2.45) is 0 Å². The third-order valence-corrected chi connectivity index (χ3v) is 2.09. The summed E-state index contributed by atoms with van der Waals surface area (Å²) >= 11 is 0. The first-order valence-corrected chi connectivity index (χ1v) is 4.41. The minimum Gasteiger partial charge on any atom is -0.384 e. The molecule has 0 aliphatic rings. The molecule has 0 aliphatic heterocycles. The second-order valence-corrected chi connectivity index (χ2v) is 3.14. The highest BCUT2D eigenvalue weighted by Gasteiger charge is 2.02. The fourth-order valence-electron chi connectivity index (χ4n) is 1.33. The van der Waals surface area contributed by atoms with Gasteiger partial charge in [-0.15, -0.1) is 0 Å². The van der Waals surface area contributed by atoms with E-state index in [-0.39, 0.29) is 0 Å². The van der Waals surface area contributed by atoms with Crippen molar-refractivity contribution in [3.63, 3.8) is 0 Å². The van der Waals surface area contributed by atoms with Crippen LogP contribution in [0.25, 0.3) is 11.3 Å². The number of aromatic nitrogens is 2. The zero-order chi connectivity index (χ0) is 9.97. The molecule has 2 N–H and O–H groups in total. The Balaban J connectivity index is 2.55. The minimum absolute atomic E-state index is 0.533. The molecule has 14 heavy (non-hydrogen) atoms. The molecule has 0 fully saturated rings. The number of hydrogen-bond donors (Lipinski definition) is 1. The molecule has 0 atom stereocenters. The highest BCUT2D eigenvalue weighted by Crippen LogP contribution is 2.20. The third-order valence-electron chi connectivity index (χ3n) is 2.09. The number of rotatable bonds is 1. The first kappa shape index (κ1) is 8.69. The number of hydrogen-bond acceptors (Lipinski definition) is 3. The first-order chi connectivity index (χ1) is 6.77. The van der Waals surface area contributed by atoms with Crippen molar-refractivity contribution in [3.05, 3.63) is 42.2 Å². The van der Waals surface area contributed by atoms with Gasteiger partial charge in [0.2, 0.25) is 0 Å². The zero-order valence-electron chi connectivity index (χ0n) is 7.94. The van der Waals surface area contributed by atoms with Crippen molar-refractivity contribution >= 4 is 5.82 Å². The maximum atomic E-state index is 5.61. The van der Waals surface area contributed by atoms with Crippen LogP contribution in [0.15, 0.2) is 36.7 Å². The summed E-state index contributed by atoms with van der Waals surface area (Å²) < 4.78 is 0. The highest BCUT2D eigenvalue weighted by atomic mass is 14.8. The smallest absolute Gasteiger partial charge is 0.124 e. The second-order valence-electron chi connectivity index (χ2n) is 3.14. The molecule has 0 saturated carbocycles. The molecule has 0 aliphatic carbocycles. The summed E-state index contributed by atoms with van der Waals surface area (Å²) in [5, 5.41) is 0. The van der Waals surface area contributed by atoms with Crippen LogP contribution in [0, 0.1) is 6.92 Å². The Morgan fingerprint density at radius 1 is 1.21 bits per heavy atom. The highest BCUT2D eigenvalue weighted by molar-refractivity contribution is 5.63. The molecule has 2 aromatic rings. The molecule has 70 valence electrons. The number of anilines is 1. The van der Waals surface area contributed by atoms with Crippen molar-refractivity contribution in [2.75, 3.05) is 5.73 Å². The Bertz CT molecular complexity index is 452. The third kappa shape index (κ3) is 1.57. The van der Waals surface area contributed by atoms with Crippen LogP contribution in [-0.2, 0) is 0 Å². The quantitative estimate of drug-likeness (QED) is 0.739. The van der Waals surface area contributed by atoms with Crippen LogP contribution in [0.1, 0.15) is 5.56 Å². The lowest BCUT2D eigenvalue weighted by molar-refractivity contribution is 1.25. The number of pyridine rings is 2. The van der Waals surface area contributed by atoms with Gasteiger partial charge in [-0.05, 0) is 30.7 Å². The van der Waals surface area contributed by atoms with E-state index < -0.39 is 0 Å². The van der Waals surface area contributed by atoms with Crippen molar-refractivity contribution in [1.29, 1.82) is 0 Å². The van der Waals surface area contributed by atoms with Gasteiger partial charge in [-0.2, -0.15) is 0 Å². The first-order valence-electron chi connectivity index (χ1n) is 4.41. The number of aryl methyl sites for hydroxylation is 1. The Labute approximate surface area is 82.6 Å². The summed E-state index contributed by atoms with van der Waals surface area (Å²) in [7, 11) is 0. The van der Waals surface area contributed by atoms with Crippen LogP contribution in [0.2, 0.25) is 0 Å². The minimum atomic E-state index is 0.533. The van der Waals surface area contributed by atoms with Gasteiger partial charge in [-0.1, -0.05) is 6.07 Å².